The van der Waals surface area contributed by atoms with E-state index in [1.807, 2.05) is 83.5 Å². The molecular formula is C56H98S21. The molecule has 6 atom stereocenters. The minimum atomic E-state index is 0.706. The summed E-state index contributed by atoms with van der Waals surface area (Å²) in [6, 6.07) is 17.4. The third-order valence-electron chi connectivity index (χ3n) is 10.9. The maximum absolute atomic E-state index is 4.65. The van der Waals surface area contributed by atoms with Gasteiger partial charge in [-0.25, -0.2) is 0 Å². The Kier molecular flexibility index (Phi) is 68.7. The van der Waals surface area contributed by atoms with Crippen LogP contribution in [-0.4, -0.2) is 184 Å². The fraction of sp³-hybridized carbons (Fsp3) is 0.714. The van der Waals surface area contributed by atoms with Gasteiger partial charge >= 0.3 is 0 Å². The van der Waals surface area contributed by atoms with Crippen molar-refractivity contribution in [1.82, 2.24) is 0 Å². The molecule has 0 aliphatic carbocycles. The Morgan fingerprint density at radius 3 is 0.805 bits per heavy atom. The van der Waals surface area contributed by atoms with Gasteiger partial charge in [0.15, 0.2) is 0 Å². The second-order valence-corrected chi connectivity index (χ2v) is 34.4. The van der Waals surface area contributed by atoms with Gasteiger partial charge in [0.05, 0.1) is 0 Å². The van der Waals surface area contributed by atoms with Crippen molar-refractivity contribution in [1.29, 1.82) is 0 Å². The molecule has 6 unspecified atom stereocenters. The molecule has 0 radical (unpaired) electrons. The SMILES string of the molecule is C=Cc1cccc(C=C)c1.SCCSCC(CS)CSCC(CS)CSCCS.SCCSCC(CS)CSCC(CS)CSCCSCCc1cccc(CCSCCSCC(CS)CSCC(CS)CSCCS)c1. The maximum Gasteiger partial charge on any atom is 0.00237 e. The van der Waals surface area contributed by atoms with Crippen LogP contribution in [0.15, 0.2) is 61.7 Å². The number of rotatable bonds is 52. The second-order valence-electron chi connectivity index (χ2n) is 17.9. The van der Waals surface area contributed by atoms with E-state index in [4.69, 9.17) is 0 Å². The van der Waals surface area contributed by atoms with Gasteiger partial charge in [-0.1, -0.05) is 67.8 Å². The third kappa shape index (κ3) is 51.8. The van der Waals surface area contributed by atoms with Gasteiger partial charge in [0, 0.05) is 46.0 Å². The minimum absolute atomic E-state index is 0.706. The van der Waals surface area contributed by atoms with E-state index in [0.29, 0.717) is 23.7 Å². The van der Waals surface area contributed by atoms with Crippen molar-refractivity contribution >= 4 is 268 Å². The van der Waals surface area contributed by atoms with Crippen molar-refractivity contribution < 1.29 is 0 Å². The van der Waals surface area contributed by atoms with E-state index in [1.165, 1.54) is 128 Å². The van der Waals surface area contributed by atoms with E-state index in [1.54, 1.807) is 0 Å². The summed E-state index contributed by atoms with van der Waals surface area (Å²) in [7, 11) is 0. The Morgan fingerprint density at radius 1 is 0.299 bits per heavy atom. The first kappa shape index (κ1) is 82.3. The predicted octanol–water partition coefficient (Wildman–Crippen LogP) is 17.8. The molecule has 0 saturated carbocycles. The first-order valence-electron chi connectivity index (χ1n) is 26.6. The normalized spacial score (nSPS) is 13.6. The van der Waals surface area contributed by atoms with Crippen molar-refractivity contribution in [2.75, 3.05) is 184 Å². The molecule has 2 aromatic carbocycles. The highest BCUT2D eigenvalue weighted by atomic mass is 32.2. The van der Waals surface area contributed by atoms with E-state index in [0.717, 1.165) is 104 Å². The van der Waals surface area contributed by atoms with Crippen molar-refractivity contribution in [2.24, 2.45) is 35.5 Å². The van der Waals surface area contributed by atoms with E-state index in [9.17, 15) is 0 Å². The van der Waals surface area contributed by atoms with Crippen LogP contribution in [0.5, 0.6) is 0 Å². The van der Waals surface area contributed by atoms with Gasteiger partial charge in [-0.2, -0.15) is 256 Å². The van der Waals surface area contributed by atoms with Crippen molar-refractivity contribution in [3.63, 3.8) is 0 Å². The summed E-state index contributed by atoms with van der Waals surface area (Å²) in [4.78, 5) is 0. The Labute approximate surface area is 576 Å². The zero-order chi connectivity index (χ0) is 56.7. The number of aryl methyl sites for hydroxylation is 2. The molecule has 0 heterocycles. The monoisotopic (exact) mass is 1440 g/mol. The summed E-state index contributed by atoms with van der Waals surface area (Å²) in [6.07, 6.45) is 6.01. The van der Waals surface area contributed by atoms with Gasteiger partial charge in [-0.05, 0) is 215 Å². The average molecular weight is 1440 g/mol. The summed E-state index contributed by atoms with van der Waals surface area (Å²) in [6.45, 7) is 7.34. The lowest BCUT2D eigenvalue weighted by Gasteiger charge is -2.17. The quantitative estimate of drug-likeness (QED) is 0.0228. The van der Waals surface area contributed by atoms with Crippen LogP contribution < -0.4 is 0 Å². The zero-order valence-electron chi connectivity index (χ0n) is 45.7. The molecule has 21 heteroatoms. The van der Waals surface area contributed by atoms with Crippen LogP contribution in [0.1, 0.15) is 22.3 Å². The lowest BCUT2D eigenvalue weighted by atomic mass is 10.1. The smallest absolute Gasteiger partial charge is 0.00237 e. The van der Waals surface area contributed by atoms with Gasteiger partial charge in [0.25, 0.3) is 0 Å². The highest BCUT2D eigenvalue weighted by molar-refractivity contribution is 8.04. The number of benzene rings is 2. The highest BCUT2D eigenvalue weighted by Crippen LogP contribution is 2.25. The Bertz CT molecular complexity index is 1460. The summed E-state index contributed by atoms with van der Waals surface area (Å²) in [5.41, 5.74) is 5.27. The Morgan fingerprint density at radius 2 is 0.545 bits per heavy atom. The Hall–Kier alpha value is 5.27. The molecule has 0 aliphatic rings. The lowest BCUT2D eigenvalue weighted by Crippen LogP contribution is -2.14. The fourth-order valence-electron chi connectivity index (χ4n) is 6.46. The number of thiol groups is 10. The first-order chi connectivity index (χ1) is 37.7. The molecule has 0 N–H and O–H groups in total. The number of hydrogen-bond donors (Lipinski definition) is 10. The molecule has 0 aromatic heterocycles. The predicted molar refractivity (Wildman–Crippen MR) is 431 cm³/mol. The number of thioether (sulfide) groups is 11. The van der Waals surface area contributed by atoms with Crippen molar-refractivity contribution in [2.45, 2.75) is 12.8 Å². The molecule has 448 valence electrons. The molecular weight excluding hydrogens is 1350 g/mol. The van der Waals surface area contributed by atoms with Gasteiger partial charge in [-0.15, -0.1) is 0 Å². The average Bonchev–Trinajstić information content (AvgIpc) is 3.46. The summed E-state index contributed by atoms with van der Waals surface area (Å²) in [5.74, 6) is 40.8. The Balaban J connectivity index is 0.00000161. The van der Waals surface area contributed by atoms with Gasteiger partial charge in [0.2, 0.25) is 0 Å². The van der Waals surface area contributed by atoms with Crippen LogP contribution in [0.2, 0.25) is 0 Å². The summed E-state index contributed by atoms with van der Waals surface area (Å²) < 4.78 is 0. The van der Waals surface area contributed by atoms with Crippen LogP contribution in [0.25, 0.3) is 12.2 Å². The van der Waals surface area contributed by atoms with E-state index < -0.39 is 0 Å². The lowest BCUT2D eigenvalue weighted by molar-refractivity contribution is 0.759. The van der Waals surface area contributed by atoms with Gasteiger partial charge < -0.3 is 0 Å². The molecule has 77 heavy (non-hydrogen) atoms. The van der Waals surface area contributed by atoms with Crippen LogP contribution >= 0.6 is 256 Å². The molecule has 2 aromatic rings. The van der Waals surface area contributed by atoms with Crippen LogP contribution in [0, 0.1) is 35.5 Å². The molecule has 0 aliphatic heterocycles. The highest BCUT2D eigenvalue weighted by Gasteiger charge is 2.14. The van der Waals surface area contributed by atoms with Crippen LogP contribution in [0.3, 0.4) is 0 Å². The molecule has 0 amide bonds. The second kappa shape index (κ2) is 64.3. The van der Waals surface area contributed by atoms with Crippen molar-refractivity contribution in [3.8, 4) is 0 Å². The molecule has 0 spiro atoms. The van der Waals surface area contributed by atoms with E-state index in [-0.39, 0.29) is 0 Å². The summed E-state index contributed by atoms with van der Waals surface area (Å²) in [5, 5.41) is 0. The van der Waals surface area contributed by atoms with Crippen molar-refractivity contribution in [3.05, 3.63) is 83.9 Å². The molecule has 0 fully saturated rings. The first-order valence-corrected chi connectivity index (χ1v) is 45.6. The van der Waals surface area contributed by atoms with Crippen LogP contribution in [0.4, 0.5) is 0 Å². The fourth-order valence-corrected chi connectivity index (χ4v) is 24.4. The third-order valence-corrected chi connectivity index (χ3v) is 30.1. The zero-order valence-corrected chi connectivity index (χ0v) is 63.6. The molecule has 0 bridgehead atoms. The van der Waals surface area contributed by atoms with E-state index in [2.05, 4.69) is 246 Å². The standard InChI is InChI=1S/C34H62S14.C12H26S7.C10H10/c35-6-10-43-21-31(17-37)25-47-27-33(19-39)23-45-14-12-41-8-4-29-2-1-3-30(16-29)5-9-42-13-15-46-24-34(20-40)28-48-26-32(18-38)22-44-11-7-36;13-1-3-17-7-11(5-15)9-19-10-12(6-16)8-18-4-2-14;1-3-9-6-5-7-10(4-2)8-9/h1-3,16,31-40H,4-15,17-28H2;11-16H,1-10H2;3-8H,1-2H2. The topological polar surface area (TPSA) is 0 Å². The minimum Gasteiger partial charge on any atom is -0.179 e. The molecule has 0 nitrogen and oxygen atoms in total. The van der Waals surface area contributed by atoms with Gasteiger partial charge in [-0.3, -0.25) is 0 Å². The largest absolute Gasteiger partial charge is 0.179 e. The van der Waals surface area contributed by atoms with Gasteiger partial charge in [0.1, 0.15) is 0 Å². The maximum atomic E-state index is 4.65. The summed E-state index contributed by atoms with van der Waals surface area (Å²) >= 11 is 67.2. The van der Waals surface area contributed by atoms with Crippen LogP contribution in [-0.2, 0) is 12.8 Å². The molecule has 2 rings (SSSR count). The molecule has 0 saturated heterocycles. The van der Waals surface area contributed by atoms with E-state index >= 15 is 0 Å². The number of hydrogen-bond acceptors (Lipinski definition) is 21.